The van der Waals surface area contributed by atoms with Gasteiger partial charge in [-0.3, -0.25) is 4.79 Å². The zero-order valence-corrected chi connectivity index (χ0v) is 25.1. The largest absolute Gasteiger partial charge is 0.497 e. The van der Waals surface area contributed by atoms with E-state index in [1.807, 2.05) is 36.4 Å². The van der Waals surface area contributed by atoms with Gasteiger partial charge < -0.3 is 19.3 Å². The van der Waals surface area contributed by atoms with E-state index in [1.165, 1.54) is 33.6 Å². The van der Waals surface area contributed by atoms with Crippen LogP contribution in [0.2, 0.25) is 0 Å². The maximum atomic E-state index is 13.8. The summed E-state index contributed by atoms with van der Waals surface area (Å²) in [4.78, 5) is 18.7. The van der Waals surface area contributed by atoms with E-state index < -0.39 is 0 Å². The molecule has 0 bridgehead atoms. The standard InChI is InChI=1S/C37H40N2O3/c1-5-38-33(25-7-15-31(41-3)16-8-25)19-11-27-23-29(13-21-35(27)38)37(40)30-14-22-36-28(24-30)12-20-34(39(36)6-2)26-9-17-32(42-4)18-10-26/h7-10,13-18,21-24,33-34H,5-6,11-12,19-20H2,1-4H3. The van der Waals surface area contributed by atoms with Crippen molar-refractivity contribution in [3.05, 3.63) is 118 Å². The molecule has 5 nitrogen and oxygen atoms in total. The molecule has 0 aliphatic carbocycles. The average molecular weight is 561 g/mol. The van der Waals surface area contributed by atoms with E-state index >= 15 is 0 Å². The third-order valence-electron chi connectivity index (χ3n) is 9.11. The van der Waals surface area contributed by atoms with Gasteiger partial charge >= 0.3 is 0 Å². The van der Waals surface area contributed by atoms with Crippen LogP contribution in [-0.4, -0.2) is 33.1 Å². The molecule has 2 unspecified atom stereocenters. The number of anilines is 2. The molecule has 6 rings (SSSR count). The van der Waals surface area contributed by atoms with Gasteiger partial charge in [-0.15, -0.1) is 0 Å². The highest BCUT2D eigenvalue weighted by atomic mass is 16.5. The summed E-state index contributed by atoms with van der Waals surface area (Å²) in [5.74, 6) is 1.85. The van der Waals surface area contributed by atoms with Crippen LogP contribution >= 0.6 is 0 Å². The van der Waals surface area contributed by atoms with Crippen LogP contribution in [0.5, 0.6) is 11.5 Å². The highest BCUT2D eigenvalue weighted by Crippen LogP contribution is 2.41. The predicted octanol–water partition coefficient (Wildman–Crippen LogP) is 7.96. The predicted molar refractivity (Wildman–Crippen MR) is 170 cm³/mol. The van der Waals surface area contributed by atoms with Crippen molar-refractivity contribution in [3.8, 4) is 11.5 Å². The molecule has 4 aromatic carbocycles. The Kier molecular flexibility index (Phi) is 7.92. The summed E-state index contributed by atoms with van der Waals surface area (Å²) in [6, 6.07) is 30.1. The Morgan fingerprint density at radius 2 is 1.05 bits per heavy atom. The number of aryl methyl sites for hydroxylation is 2. The van der Waals surface area contributed by atoms with Gasteiger partial charge in [-0.25, -0.2) is 0 Å². The topological polar surface area (TPSA) is 42.0 Å². The Bertz CT molecular complexity index is 1440. The molecule has 2 aliphatic heterocycles. The van der Waals surface area contributed by atoms with Gasteiger partial charge in [-0.2, -0.15) is 0 Å². The zero-order chi connectivity index (χ0) is 29.2. The van der Waals surface area contributed by atoms with Crippen LogP contribution < -0.4 is 19.3 Å². The van der Waals surface area contributed by atoms with Crippen LogP contribution in [0.15, 0.2) is 84.9 Å². The minimum Gasteiger partial charge on any atom is -0.497 e. The fourth-order valence-corrected chi connectivity index (χ4v) is 6.94. The molecule has 5 heteroatoms. The van der Waals surface area contributed by atoms with Crippen LogP contribution in [0.25, 0.3) is 0 Å². The number of methoxy groups -OCH3 is 2. The first-order valence-electron chi connectivity index (χ1n) is 15.2. The van der Waals surface area contributed by atoms with E-state index in [0.29, 0.717) is 12.1 Å². The van der Waals surface area contributed by atoms with Crippen molar-refractivity contribution < 1.29 is 14.3 Å². The van der Waals surface area contributed by atoms with Crippen LogP contribution in [0, 0.1) is 0 Å². The van der Waals surface area contributed by atoms with Crippen molar-refractivity contribution in [2.24, 2.45) is 0 Å². The Labute approximate surface area is 249 Å². The number of hydrogen-bond donors (Lipinski definition) is 0. The summed E-state index contributed by atoms with van der Waals surface area (Å²) in [5, 5.41) is 0. The fraction of sp³-hybridized carbons (Fsp3) is 0.324. The van der Waals surface area contributed by atoms with Crippen LogP contribution in [0.1, 0.15) is 76.9 Å². The second-order valence-electron chi connectivity index (χ2n) is 11.2. The lowest BCUT2D eigenvalue weighted by atomic mass is 9.88. The summed E-state index contributed by atoms with van der Waals surface area (Å²) in [7, 11) is 3.40. The Hall–Kier alpha value is -4.25. The molecule has 0 spiro atoms. The van der Waals surface area contributed by atoms with Crippen molar-refractivity contribution in [3.63, 3.8) is 0 Å². The number of fused-ring (bicyclic) bond motifs is 2. The first kappa shape index (κ1) is 27.9. The number of hydrogen-bond acceptors (Lipinski definition) is 5. The van der Waals surface area contributed by atoms with E-state index in [2.05, 4.69) is 72.2 Å². The minimum absolute atomic E-state index is 0.0984. The van der Waals surface area contributed by atoms with Gasteiger partial charge in [0.05, 0.1) is 26.3 Å². The summed E-state index contributed by atoms with van der Waals surface area (Å²) in [6.45, 7) is 6.23. The lowest BCUT2D eigenvalue weighted by Crippen LogP contribution is -2.33. The van der Waals surface area contributed by atoms with Crippen LogP contribution in [-0.2, 0) is 12.8 Å². The maximum Gasteiger partial charge on any atom is 0.193 e. The quantitative estimate of drug-likeness (QED) is 0.205. The van der Waals surface area contributed by atoms with Gasteiger partial charge in [0.2, 0.25) is 0 Å². The van der Waals surface area contributed by atoms with E-state index in [4.69, 9.17) is 9.47 Å². The number of nitrogens with zero attached hydrogens (tertiary/aromatic N) is 2. The molecule has 0 radical (unpaired) electrons. The summed E-state index contributed by atoms with van der Waals surface area (Å²) >= 11 is 0. The number of carbonyl (C=O) groups excluding carboxylic acids is 1. The number of ether oxygens (including phenoxy) is 2. The van der Waals surface area contributed by atoms with E-state index in [1.54, 1.807) is 14.2 Å². The SMILES string of the molecule is CCN1c2ccc(C(=O)c3ccc4c(c3)CCC(c3ccc(OC)cc3)N4CC)cc2CCC1c1ccc(OC)cc1. The molecule has 42 heavy (non-hydrogen) atoms. The lowest BCUT2D eigenvalue weighted by Gasteiger charge is -2.39. The highest BCUT2D eigenvalue weighted by molar-refractivity contribution is 6.09. The van der Waals surface area contributed by atoms with Gasteiger partial charge in [-0.1, -0.05) is 24.3 Å². The second-order valence-corrected chi connectivity index (χ2v) is 11.2. The van der Waals surface area contributed by atoms with E-state index in [9.17, 15) is 4.79 Å². The molecule has 0 fully saturated rings. The monoisotopic (exact) mass is 560 g/mol. The molecule has 0 amide bonds. The molecule has 0 N–H and O–H groups in total. The van der Waals surface area contributed by atoms with Gasteiger partial charge in [0.15, 0.2) is 5.78 Å². The third-order valence-corrected chi connectivity index (χ3v) is 9.11. The maximum absolute atomic E-state index is 13.8. The summed E-state index contributed by atoms with van der Waals surface area (Å²) < 4.78 is 10.7. The lowest BCUT2D eigenvalue weighted by molar-refractivity contribution is 0.103. The van der Waals surface area contributed by atoms with Gasteiger partial charge in [0.1, 0.15) is 11.5 Å². The number of carbonyl (C=O) groups is 1. The molecule has 0 aromatic heterocycles. The summed E-state index contributed by atoms with van der Waals surface area (Å²) in [6.07, 6.45) is 3.94. The van der Waals surface area contributed by atoms with Gasteiger partial charge in [-0.05, 0) is 122 Å². The van der Waals surface area contributed by atoms with Crippen LogP contribution in [0.4, 0.5) is 11.4 Å². The van der Waals surface area contributed by atoms with Crippen molar-refractivity contribution in [2.75, 3.05) is 37.1 Å². The van der Waals surface area contributed by atoms with E-state index in [-0.39, 0.29) is 5.78 Å². The molecule has 0 saturated heterocycles. The molecule has 2 heterocycles. The smallest absolute Gasteiger partial charge is 0.193 e. The summed E-state index contributed by atoms with van der Waals surface area (Å²) in [5.41, 5.74) is 9.11. The van der Waals surface area contributed by atoms with Gasteiger partial charge in [0, 0.05) is 35.6 Å². The van der Waals surface area contributed by atoms with E-state index in [0.717, 1.165) is 61.4 Å². The molecule has 4 aromatic rings. The van der Waals surface area contributed by atoms with Crippen molar-refractivity contribution in [1.29, 1.82) is 0 Å². The minimum atomic E-state index is 0.0984. The average Bonchev–Trinajstić information content (AvgIpc) is 3.06. The van der Waals surface area contributed by atoms with Crippen molar-refractivity contribution >= 4 is 17.2 Å². The fourth-order valence-electron chi connectivity index (χ4n) is 6.94. The second kappa shape index (κ2) is 11.9. The zero-order valence-electron chi connectivity index (χ0n) is 25.1. The van der Waals surface area contributed by atoms with Gasteiger partial charge in [0.25, 0.3) is 0 Å². The van der Waals surface area contributed by atoms with Crippen LogP contribution in [0.3, 0.4) is 0 Å². The first-order chi connectivity index (χ1) is 20.5. The normalized spacial score (nSPS) is 17.8. The molecular formula is C37H40N2O3. The third kappa shape index (κ3) is 5.13. The Morgan fingerprint density at radius 3 is 1.40 bits per heavy atom. The van der Waals surface area contributed by atoms with Crippen molar-refractivity contribution in [2.45, 2.75) is 51.6 Å². The number of ketones is 1. The van der Waals surface area contributed by atoms with Crippen molar-refractivity contribution in [1.82, 2.24) is 0 Å². The molecule has 2 atom stereocenters. The molecular weight excluding hydrogens is 520 g/mol. The Balaban J connectivity index is 1.23. The molecule has 2 aliphatic rings. The molecule has 0 saturated carbocycles. The highest BCUT2D eigenvalue weighted by Gasteiger charge is 2.29. The number of benzene rings is 4. The molecule has 216 valence electrons. The first-order valence-corrected chi connectivity index (χ1v) is 15.2. The number of rotatable bonds is 8. The Morgan fingerprint density at radius 1 is 0.643 bits per heavy atom.